The van der Waals surface area contributed by atoms with Gasteiger partial charge in [-0.2, -0.15) is 5.10 Å². The van der Waals surface area contributed by atoms with E-state index in [4.69, 9.17) is 0 Å². The van der Waals surface area contributed by atoms with Crippen LogP contribution in [-0.4, -0.2) is 9.78 Å². The maximum atomic E-state index is 13.1. The first-order chi connectivity index (χ1) is 7.99. The molecule has 0 amide bonds. The largest absolute Gasteiger partial charge is 0.268 e. The highest BCUT2D eigenvalue weighted by Crippen LogP contribution is 2.28. The van der Waals surface area contributed by atoms with Crippen LogP contribution >= 0.6 is 15.9 Å². The molecular formula is C12H11BrF2N2. The molecule has 0 spiro atoms. The summed E-state index contributed by atoms with van der Waals surface area (Å²) in [7, 11) is 0. The van der Waals surface area contributed by atoms with E-state index in [1.54, 1.807) is 4.68 Å². The Hall–Kier alpha value is -1.23. The molecule has 2 aromatic rings. The fourth-order valence-electron chi connectivity index (χ4n) is 1.47. The highest BCUT2D eigenvalue weighted by Gasteiger charge is 2.12. The van der Waals surface area contributed by atoms with Gasteiger partial charge in [0.25, 0.3) is 0 Å². The van der Waals surface area contributed by atoms with E-state index in [2.05, 4.69) is 21.0 Å². The normalized spacial score (nSPS) is 11.2. The monoisotopic (exact) mass is 300 g/mol. The van der Waals surface area contributed by atoms with E-state index in [0.717, 1.165) is 16.6 Å². The predicted molar refractivity (Wildman–Crippen MR) is 65.7 cm³/mol. The zero-order valence-electron chi connectivity index (χ0n) is 9.42. The van der Waals surface area contributed by atoms with Crippen molar-refractivity contribution in [3.8, 4) is 11.3 Å². The molecule has 90 valence electrons. The van der Waals surface area contributed by atoms with Crippen LogP contribution in [0.15, 0.2) is 28.9 Å². The maximum Gasteiger partial charge on any atom is 0.159 e. The Balaban J connectivity index is 2.49. The Morgan fingerprint density at radius 3 is 2.47 bits per heavy atom. The van der Waals surface area contributed by atoms with Gasteiger partial charge < -0.3 is 0 Å². The number of rotatable bonds is 2. The van der Waals surface area contributed by atoms with Crippen LogP contribution in [0.1, 0.15) is 19.9 Å². The Bertz CT molecular complexity index is 549. The van der Waals surface area contributed by atoms with E-state index in [1.165, 1.54) is 6.07 Å². The number of aromatic nitrogens is 2. The third kappa shape index (κ3) is 2.39. The van der Waals surface area contributed by atoms with Gasteiger partial charge >= 0.3 is 0 Å². The van der Waals surface area contributed by atoms with Crippen molar-refractivity contribution in [2.75, 3.05) is 0 Å². The van der Waals surface area contributed by atoms with Crippen molar-refractivity contribution in [2.24, 2.45) is 0 Å². The van der Waals surface area contributed by atoms with Crippen LogP contribution in [0.4, 0.5) is 8.78 Å². The topological polar surface area (TPSA) is 17.8 Å². The first kappa shape index (κ1) is 12.2. The molecule has 2 rings (SSSR count). The molecule has 17 heavy (non-hydrogen) atoms. The van der Waals surface area contributed by atoms with Gasteiger partial charge in [0, 0.05) is 17.8 Å². The van der Waals surface area contributed by atoms with Gasteiger partial charge in [-0.3, -0.25) is 4.68 Å². The second-order valence-corrected chi connectivity index (χ2v) is 4.88. The highest BCUT2D eigenvalue weighted by molar-refractivity contribution is 9.10. The summed E-state index contributed by atoms with van der Waals surface area (Å²) in [5, 5.41) is 4.33. The molecule has 0 saturated carbocycles. The Kier molecular flexibility index (Phi) is 3.28. The summed E-state index contributed by atoms with van der Waals surface area (Å²) in [5.41, 5.74) is 1.16. The number of hydrogen-bond donors (Lipinski definition) is 0. The molecule has 0 aliphatic rings. The molecule has 1 heterocycles. The highest BCUT2D eigenvalue weighted by atomic mass is 79.9. The van der Waals surface area contributed by atoms with Crippen molar-refractivity contribution in [1.82, 2.24) is 9.78 Å². The predicted octanol–water partition coefficient (Wildman–Crippen LogP) is 4.17. The van der Waals surface area contributed by atoms with Crippen LogP contribution in [0.2, 0.25) is 0 Å². The summed E-state index contributed by atoms with van der Waals surface area (Å²) in [6.07, 6.45) is 1.82. The average Bonchev–Trinajstić information content (AvgIpc) is 2.65. The number of halogens is 3. The molecule has 0 bridgehead atoms. The van der Waals surface area contributed by atoms with E-state index in [0.29, 0.717) is 11.3 Å². The van der Waals surface area contributed by atoms with Crippen molar-refractivity contribution in [3.63, 3.8) is 0 Å². The van der Waals surface area contributed by atoms with Crippen LogP contribution < -0.4 is 0 Å². The summed E-state index contributed by atoms with van der Waals surface area (Å²) >= 11 is 3.37. The van der Waals surface area contributed by atoms with Crippen molar-refractivity contribution in [1.29, 1.82) is 0 Å². The van der Waals surface area contributed by atoms with E-state index < -0.39 is 11.6 Å². The van der Waals surface area contributed by atoms with Crippen molar-refractivity contribution < 1.29 is 8.78 Å². The van der Waals surface area contributed by atoms with Crippen molar-refractivity contribution >= 4 is 15.9 Å². The minimum absolute atomic E-state index is 0.213. The zero-order valence-corrected chi connectivity index (χ0v) is 11.0. The number of nitrogens with zero attached hydrogens (tertiary/aromatic N) is 2. The molecule has 0 unspecified atom stereocenters. The molecule has 0 fully saturated rings. The van der Waals surface area contributed by atoms with Gasteiger partial charge in [0.2, 0.25) is 0 Å². The molecule has 0 aliphatic heterocycles. The SMILES string of the molecule is CC(C)n1cc(Br)c(-c2ccc(F)c(F)c2)n1. The summed E-state index contributed by atoms with van der Waals surface area (Å²) in [6, 6.07) is 3.97. The summed E-state index contributed by atoms with van der Waals surface area (Å²) in [4.78, 5) is 0. The van der Waals surface area contributed by atoms with E-state index in [-0.39, 0.29) is 6.04 Å². The lowest BCUT2D eigenvalue weighted by Gasteiger charge is -2.03. The fraction of sp³-hybridized carbons (Fsp3) is 0.250. The fourth-order valence-corrected chi connectivity index (χ4v) is 1.99. The average molecular weight is 301 g/mol. The molecule has 1 aromatic heterocycles. The molecule has 0 atom stereocenters. The van der Waals surface area contributed by atoms with Gasteiger partial charge in [-0.1, -0.05) is 0 Å². The van der Waals surface area contributed by atoms with E-state index >= 15 is 0 Å². The van der Waals surface area contributed by atoms with Gasteiger partial charge in [-0.15, -0.1) is 0 Å². The van der Waals surface area contributed by atoms with Crippen LogP contribution in [0.3, 0.4) is 0 Å². The third-order valence-corrected chi connectivity index (χ3v) is 2.99. The van der Waals surface area contributed by atoms with Crippen LogP contribution in [0.25, 0.3) is 11.3 Å². The second kappa shape index (κ2) is 4.56. The van der Waals surface area contributed by atoms with Crippen molar-refractivity contribution in [2.45, 2.75) is 19.9 Å². The lowest BCUT2D eigenvalue weighted by molar-refractivity contribution is 0.508. The lowest BCUT2D eigenvalue weighted by Crippen LogP contribution is -2.00. The molecule has 0 radical (unpaired) electrons. The Morgan fingerprint density at radius 2 is 1.94 bits per heavy atom. The standard InChI is InChI=1S/C12H11BrF2N2/c1-7(2)17-6-9(13)12(16-17)8-3-4-10(14)11(15)5-8/h3-7H,1-2H3. The maximum absolute atomic E-state index is 13.1. The third-order valence-electron chi connectivity index (χ3n) is 2.41. The first-order valence-corrected chi connectivity index (χ1v) is 5.98. The van der Waals surface area contributed by atoms with E-state index in [9.17, 15) is 8.78 Å². The zero-order chi connectivity index (χ0) is 12.6. The second-order valence-electron chi connectivity index (χ2n) is 4.03. The summed E-state index contributed by atoms with van der Waals surface area (Å²) in [6.45, 7) is 3.99. The van der Waals surface area contributed by atoms with Gasteiger partial charge in [-0.05, 0) is 48.0 Å². The minimum Gasteiger partial charge on any atom is -0.268 e. The Labute approximate surface area is 106 Å². The molecule has 0 N–H and O–H groups in total. The quantitative estimate of drug-likeness (QED) is 0.814. The first-order valence-electron chi connectivity index (χ1n) is 5.19. The molecule has 2 nitrogen and oxygen atoms in total. The lowest BCUT2D eigenvalue weighted by atomic mass is 10.1. The van der Waals surface area contributed by atoms with Gasteiger partial charge in [-0.25, -0.2) is 8.78 Å². The van der Waals surface area contributed by atoms with Crippen LogP contribution in [-0.2, 0) is 0 Å². The number of hydrogen-bond acceptors (Lipinski definition) is 1. The Morgan fingerprint density at radius 1 is 1.24 bits per heavy atom. The van der Waals surface area contributed by atoms with Crippen LogP contribution in [0.5, 0.6) is 0 Å². The molecular weight excluding hydrogens is 290 g/mol. The van der Waals surface area contributed by atoms with Crippen molar-refractivity contribution in [3.05, 3.63) is 40.5 Å². The van der Waals surface area contributed by atoms with E-state index in [1.807, 2.05) is 20.0 Å². The molecule has 1 aromatic carbocycles. The van der Waals surface area contributed by atoms with Gasteiger partial charge in [0.1, 0.15) is 5.69 Å². The molecule has 5 heteroatoms. The molecule has 0 aliphatic carbocycles. The van der Waals surface area contributed by atoms with Gasteiger partial charge in [0.05, 0.1) is 4.47 Å². The smallest absolute Gasteiger partial charge is 0.159 e. The summed E-state index contributed by atoms with van der Waals surface area (Å²) < 4.78 is 28.5. The minimum atomic E-state index is -0.867. The number of benzene rings is 1. The summed E-state index contributed by atoms with van der Waals surface area (Å²) in [5.74, 6) is -1.72. The van der Waals surface area contributed by atoms with Crippen LogP contribution in [0, 0.1) is 11.6 Å². The van der Waals surface area contributed by atoms with Gasteiger partial charge in [0.15, 0.2) is 11.6 Å². The molecule has 0 saturated heterocycles.